The number of ether oxygens (including phenoxy) is 2. The number of aliphatic hydroxyl groups excluding tert-OH is 2. The van der Waals surface area contributed by atoms with Crippen LogP contribution in [0.1, 0.15) is 51.5 Å². The molecule has 0 amide bonds. The Hall–Kier alpha value is -3.34. The molecule has 1 unspecified atom stereocenters. The van der Waals surface area contributed by atoms with Crippen LogP contribution >= 0.6 is 11.2 Å². The van der Waals surface area contributed by atoms with E-state index in [1.165, 1.54) is 16.8 Å². The number of hydrogen-bond donors (Lipinski definition) is 3. The Kier molecular flexibility index (Phi) is 9.92. The number of nitrogens with zero attached hydrogens (tertiary/aromatic N) is 3. The third-order valence-electron chi connectivity index (χ3n) is 5.18. The van der Waals surface area contributed by atoms with Crippen LogP contribution in [0.25, 0.3) is 0 Å². The number of hydrogen-bond acceptors (Lipinski definition) is 8. The molecule has 3 aromatic heterocycles. The zero-order valence-electron chi connectivity index (χ0n) is 21.1. The van der Waals surface area contributed by atoms with Crippen molar-refractivity contribution in [2.45, 2.75) is 47.1 Å². The molecule has 1 atom stereocenters. The molecule has 0 bridgehead atoms. The van der Waals surface area contributed by atoms with Gasteiger partial charge < -0.3 is 0 Å². The van der Waals surface area contributed by atoms with Crippen LogP contribution in [0.4, 0.5) is 5.82 Å². The van der Waals surface area contributed by atoms with Gasteiger partial charge in [-0.05, 0) is 13.3 Å². The summed E-state index contributed by atoms with van der Waals surface area (Å²) in [6.45, 7) is 9.63. The number of pyridine rings is 2. The predicted octanol–water partition coefficient (Wildman–Crippen LogP) is 5.15. The number of nitrogens with one attached hydrogen (secondary N) is 1. The van der Waals surface area contributed by atoms with Crippen molar-refractivity contribution in [1.82, 2.24) is 15.0 Å². The van der Waals surface area contributed by atoms with Crippen LogP contribution in [-0.4, -0.2) is 37.9 Å². The Balaban J connectivity index is 1.99. The van der Waals surface area contributed by atoms with Gasteiger partial charge in [0.05, 0.1) is 0 Å². The number of aromatic amines is 1. The molecule has 0 aliphatic heterocycles. The Bertz CT molecular complexity index is 1340. The van der Waals surface area contributed by atoms with Crippen LogP contribution in [0.3, 0.4) is 0 Å². The van der Waals surface area contributed by atoms with Gasteiger partial charge >= 0.3 is 190 Å². The Morgan fingerprint density at radius 2 is 2.08 bits per heavy atom. The van der Waals surface area contributed by atoms with Crippen molar-refractivity contribution in [3.63, 3.8) is 0 Å². The second-order valence-electron chi connectivity index (χ2n) is 8.31. The maximum atomic E-state index is 9.87. The molecule has 3 N–H and O–H groups in total. The Morgan fingerprint density at radius 1 is 1.28 bits per heavy atom. The Morgan fingerprint density at radius 3 is 2.78 bits per heavy atom. The third-order valence-corrected chi connectivity index (χ3v) is 5.97. The molecule has 3 aromatic rings. The standard InChI is InChI=1S/C26H31BN4O4S/c1-6-17(4)9-7-10-21(16(2)3)34-19-13-23(35-22-11-8-12-28-18(22)5)25(29-14-19)31-26-30-24(27-36-26)20(33)15-32/h7-14,20,32-33H,6,15H2,1-5H3,(H,29,30,31)/b10-7-,17-9+. The average molecular weight is 506 g/mol. The van der Waals surface area contributed by atoms with Gasteiger partial charge in [-0.2, -0.15) is 0 Å². The molecule has 0 aliphatic rings. The fraction of sp³-hybridized carbons (Fsp3) is 0.308. The van der Waals surface area contributed by atoms with Gasteiger partial charge in [-0.3, -0.25) is 0 Å². The van der Waals surface area contributed by atoms with Crippen molar-refractivity contribution in [2.24, 2.45) is 4.99 Å². The zero-order chi connectivity index (χ0) is 26.1. The van der Waals surface area contributed by atoms with Gasteiger partial charge in [-0.25, -0.2) is 0 Å². The van der Waals surface area contributed by atoms with E-state index in [2.05, 4.69) is 39.9 Å². The summed E-state index contributed by atoms with van der Waals surface area (Å²) in [6, 6.07) is 5.35. The fourth-order valence-corrected chi connectivity index (χ4v) is 3.66. The number of aromatic nitrogens is 3. The molecule has 8 nitrogen and oxygen atoms in total. The van der Waals surface area contributed by atoms with Crippen molar-refractivity contribution in [3.05, 3.63) is 81.8 Å². The molecule has 0 saturated carbocycles. The Labute approximate surface area is 215 Å². The zero-order valence-corrected chi connectivity index (χ0v) is 22.0. The van der Waals surface area contributed by atoms with Gasteiger partial charge in [-0.15, -0.1) is 0 Å². The second-order valence-corrected chi connectivity index (χ2v) is 9.16. The maximum absolute atomic E-state index is 9.87. The average Bonchev–Trinajstić information content (AvgIpc) is 3.34. The molecule has 10 heteroatoms. The van der Waals surface area contributed by atoms with E-state index in [9.17, 15) is 10.2 Å². The first kappa shape index (κ1) is 27.3. The van der Waals surface area contributed by atoms with E-state index in [4.69, 9.17) is 9.47 Å². The van der Waals surface area contributed by atoms with Crippen LogP contribution < -0.4 is 14.3 Å². The molecule has 0 aliphatic carbocycles. The normalized spacial score (nSPS) is 13.1. The first-order chi connectivity index (χ1) is 17.3. The minimum absolute atomic E-state index is 0.324. The molecule has 36 heavy (non-hydrogen) atoms. The third kappa shape index (κ3) is 7.58. The molecule has 3 rings (SSSR count). The molecule has 0 fully saturated rings. The molecule has 0 spiro atoms. The van der Waals surface area contributed by atoms with Crippen LogP contribution in [0, 0.1) is 6.92 Å². The van der Waals surface area contributed by atoms with Gasteiger partial charge in [0.1, 0.15) is 0 Å². The monoisotopic (exact) mass is 506 g/mol. The van der Waals surface area contributed by atoms with Crippen LogP contribution in [-0.2, 0) is 0 Å². The molecule has 3 heterocycles. The summed E-state index contributed by atoms with van der Waals surface area (Å²) in [7, 11) is 0. The van der Waals surface area contributed by atoms with E-state index in [-0.39, 0.29) is 6.61 Å². The fourth-order valence-electron chi connectivity index (χ4n) is 2.89. The van der Waals surface area contributed by atoms with E-state index >= 15 is 0 Å². The SMILES string of the molecule is CC/C(C)=C/C=C\C(Oc1cnc(/N=c2/[nH]c(C(O)CO)bs2)c(Oc2cccnc2C)c1)=C(C)C. The molecular weight excluding hydrogens is 475 g/mol. The number of allylic oxidation sites excluding steroid dienone is 5. The number of aliphatic hydroxyl groups is 2. The first-order valence-corrected chi connectivity index (χ1v) is 12.5. The van der Waals surface area contributed by atoms with Gasteiger partial charge in [0, 0.05) is 0 Å². The van der Waals surface area contributed by atoms with Crippen LogP contribution in [0.5, 0.6) is 17.2 Å². The van der Waals surface area contributed by atoms with Gasteiger partial charge in [0.15, 0.2) is 0 Å². The van der Waals surface area contributed by atoms with E-state index < -0.39 is 6.10 Å². The summed E-state index contributed by atoms with van der Waals surface area (Å²) in [5, 5.41) is 19.1. The van der Waals surface area contributed by atoms with Crippen molar-refractivity contribution in [1.29, 1.82) is 0 Å². The first-order valence-electron chi connectivity index (χ1n) is 11.6. The van der Waals surface area contributed by atoms with Gasteiger partial charge in [0.2, 0.25) is 0 Å². The van der Waals surface area contributed by atoms with Gasteiger partial charge in [-0.1, -0.05) is 12.5 Å². The number of aryl methyl sites for hydroxylation is 1. The number of H-pyrrole nitrogens is 1. The summed E-state index contributed by atoms with van der Waals surface area (Å²) >= 11 is 1.28. The molecule has 0 aromatic carbocycles. The van der Waals surface area contributed by atoms with E-state index in [0.717, 1.165) is 17.7 Å². The minimum atomic E-state index is -1.01. The van der Waals surface area contributed by atoms with Gasteiger partial charge in [0.25, 0.3) is 0 Å². The summed E-state index contributed by atoms with van der Waals surface area (Å²) in [5.41, 5.74) is 3.47. The summed E-state index contributed by atoms with van der Waals surface area (Å²) in [4.78, 5) is 16.8. The summed E-state index contributed by atoms with van der Waals surface area (Å²) in [6.07, 6.45) is 10.9. The quantitative estimate of drug-likeness (QED) is 0.259. The van der Waals surface area contributed by atoms with Crippen LogP contribution in [0.2, 0.25) is 0 Å². The second kappa shape index (κ2) is 13.1. The predicted molar refractivity (Wildman–Crippen MR) is 143 cm³/mol. The van der Waals surface area contributed by atoms with Crippen LogP contribution in [0.15, 0.2) is 70.7 Å². The molecular formula is C26H31BN4O4S. The van der Waals surface area contributed by atoms with Crippen molar-refractivity contribution in [2.75, 3.05) is 6.61 Å². The van der Waals surface area contributed by atoms with E-state index in [1.54, 1.807) is 30.7 Å². The van der Waals surface area contributed by atoms with Crippen molar-refractivity contribution >= 4 is 23.2 Å². The van der Waals surface area contributed by atoms with E-state index in [1.807, 2.05) is 39.0 Å². The molecule has 0 radical (unpaired) electrons. The summed E-state index contributed by atoms with van der Waals surface area (Å²) < 4.78 is 12.3. The number of rotatable bonds is 10. The van der Waals surface area contributed by atoms with Crippen molar-refractivity contribution < 1.29 is 19.7 Å². The van der Waals surface area contributed by atoms with Crippen molar-refractivity contribution in [3.8, 4) is 17.2 Å². The van der Waals surface area contributed by atoms with E-state index in [0.29, 0.717) is 39.2 Å². The summed E-state index contributed by atoms with van der Waals surface area (Å²) in [5.74, 6) is 2.48. The molecule has 0 saturated heterocycles. The molecule has 188 valence electrons. The topological polar surface area (TPSA) is 113 Å².